The minimum atomic E-state index is -1.17. The first kappa shape index (κ1) is 24.3. The number of carbonyl (C=O) groups is 2. The molecule has 178 valence electrons. The maximum Gasteiger partial charge on any atom is 0.257 e. The zero-order valence-corrected chi connectivity index (χ0v) is 18.6. The van der Waals surface area contributed by atoms with Crippen LogP contribution in [0.5, 0.6) is 5.75 Å². The molecule has 1 aliphatic rings. The second-order valence-electron chi connectivity index (χ2n) is 8.52. The third-order valence-electron chi connectivity index (χ3n) is 6.39. The molecule has 0 spiro atoms. The molecule has 1 aromatic carbocycles. The molecule has 0 radical (unpaired) electrons. The van der Waals surface area contributed by atoms with Gasteiger partial charge in [-0.25, -0.2) is 13.2 Å². The van der Waals surface area contributed by atoms with Gasteiger partial charge in [-0.05, 0) is 32.6 Å². The van der Waals surface area contributed by atoms with Crippen molar-refractivity contribution in [3.05, 3.63) is 62.8 Å². The Bertz CT molecular complexity index is 1110. The highest BCUT2D eigenvalue weighted by atomic mass is 19.1. The van der Waals surface area contributed by atoms with E-state index in [-0.39, 0.29) is 23.7 Å². The Kier molecular flexibility index (Phi) is 7.14. The molecule has 1 fully saturated rings. The van der Waals surface area contributed by atoms with E-state index in [2.05, 4.69) is 5.32 Å². The minimum absolute atomic E-state index is 0.0199. The fourth-order valence-electron chi connectivity index (χ4n) is 4.17. The van der Waals surface area contributed by atoms with E-state index in [0.29, 0.717) is 18.7 Å². The van der Waals surface area contributed by atoms with E-state index in [1.54, 1.807) is 9.47 Å². The lowest BCUT2D eigenvalue weighted by atomic mass is 9.96. The van der Waals surface area contributed by atoms with Crippen LogP contribution in [-0.4, -0.2) is 39.5 Å². The lowest BCUT2D eigenvalue weighted by molar-refractivity contribution is -0.120. The van der Waals surface area contributed by atoms with Crippen LogP contribution in [-0.2, 0) is 11.3 Å². The van der Waals surface area contributed by atoms with Crippen LogP contribution in [0.3, 0.4) is 0 Å². The quantitative estimate of drug-likeness (QED) is 0.664. The summed E-state index contributed by atoms with van der Waals surface area (Å²) in [4.78, 5) is 38.5. The number of rotatable bonds is 5. The second-order valence-corrected chi connectivity index (χ2v) is 8.52. The third-order valence-corrected chi connectivity index (χ3v) is 6.39. The van der Waals surface area contributed by atoms with Gasteiger partial charge >= 0.3 is 0 Å². The Morgan fingerprint density at radius 2 is 1.85 bits per heavy atom. The van der Waals surface area contributed by atoms with Crippen LogP contribution in [0.25, 0.3) is 0 Å². The normalized spacial score (nSPS) is 20.9. The van der Waals surface area contributed by atoms with Gasteiger partial charge in [0.25, 0.3) is 5.91 Å². The molecule has 3 unspecified atom stereocenters. The molecule has 2 heterocycles. The summed E-state index contributed by atoms with van der Waals surface area (Å²) >= 11 is 0. The van der Waals surface area contributed by atoms with Crippen LogP contribution in [0.4, 0.5) is 13.2 Å². The molecule has 2 aromatic rings. The number of aromatic nitrogens is 1. The van der Waals surface area contributed by atoms with E-state index in [9.17, 15) is 32.7 Å². The van der Waals surface area contributed by atoms with Crippen LogP contribution >= 0.6 is 0 Å². The van der Waals surface area contributed by atoms with Crippen LogP contribution in [0.2, 0.25) is 0 Å². The number of nitrogens with one attached hydrogen (secondary N) is 1. The first-order chi connectivity index (χ1) is 15.5. The number of carbonyl (C=O) groups excluding carboxylic acids is 2. The van der Waals surface area contributed by atoms with Gasteiger partial charge in [0.2, 0.25) is 11.8 Å². The number of benzene rings is 1. The average molecular weight is 465 g/mol. The van der Waals surface area contributed by atoms with E-state index in [4.69, 9.17) is 0 Å². The molecular formula is C23H26F3N3O4. The smallest absolute Gasteiger partial charge is 0.257 e. The lowest BCUT2D eigenvalue weighted by Crippen LogP contribution is -2.37. The van der Waals surface area contributed by atoms with Crippen molar-refractivity contribution >= 4 is 12.3 Å². The van der Waals surface area contributed by atoms with Crippen LogP contribution in [0, 0.1) is 30.3 Å². The largest absolute Gasteiger partial charge is 0.503 e. The van der Waals surface area contributed by atoms with Crippen molar-refractivity contribution in [1.29, 1.82) is 0 Å². The summed E-state index contributed by atoms with van der Waals surface area (Å²) in [6, 6.07) is 0.682. The summed E-state index contributed by atoms with van der Waals surface area (Å²) in [5.41, 5.74) is -1.66. The van der Waals surface area contributed by atoms with Crippen molar-refractivity contribution in [3.8, 4) is 5.75 Å². The fraction of sp³-hybridized carbons (Fsp3) is 0.435. The molecule has 10 heteroatoms. The van der Waals surface area contributed by atoms with Crippen molar-refractivity contribution in [2.75, 3.05) is 6.54 Å². The van der Waals surface area contributed by atoms with Crippen LogP contribution in [0.1, 0.15) is 54.3 Å². The first-order valence-electron chi connectivity index (χ1n) is 10.6. The lowest BCUT2D eigenvalue weighted by Gasteiger charge is -2.30. The van der Waals surface area contributed by atoms with Crippen molar-refractivity contribution in [1.82, 2.24) is 14.8 Å². The van der Waals surface area contributed by atoms with Crippen LogP contribution < -0.4 is 10.7 Å². The number of pyridine rings is 1. The molecule has 2 N–H and O–H groups in total. The molecule has 0 bridgehead atoms. The number of hydrogen-bond acceptors (Lipinski definition) is 4. The fourth-order valence-corrected chi connectivity index (χ4v) is 4.17. The van der Waals surface area contributed by atoms with Gasteiger partial charge in [0, 0.05) is 43.0 Å². The van der Waals surface area contributed by atoms with Gasteiger partial charge < -0.3 is 19.9 Å². The maximum absolute atomic E-state index is 13.9. The molecule has 1 saturated heterocycles. The summed E-state index contributed by atoms with van der Waals surface area (Å²) in [6.45, 7) is 5.16. The van der Waals surface area contributed by atoms with Crippen LogP contribution in [0.15, 0.2) is 23.1 Å². The Labute approximate surface area is 188 Å². The topological polar surface area (TPSA) is 91.6 Å². The number of halogens is 3. The summed E-state index contributed by atoms with van der Waals surface area (Å²) in [7, 11) is 0. The third kappa shape index (κ3) is 4.89. The van der Waals surface area contributed by atoms with Gasteiger partial charge in [0.05, 0.1) is 11.7 Å². The molecular weight excluding hydrogens is 439 g/mol. The SMILES string of the molecule is Cc1c(O)c(=O)c(C(=O)NCc2c(F)cc(F)cc2F)cn1C1CN(C=O)C(C)CCC1C. The molecule has 3 atom stereocenters. The van der Waals surface area contributed by atoms with E-state index in [1.807, 2.05) is 13.8 Å². The zero-order chi connectivity index (χ0) is 24.4. The average Bonchev–Trinajstić information content (AvgIpc) is 2.90. The molecule has 0 saturated carbocycles. The van der Waals surface area contributed by atoms with Gasteiger partial charge in [-0.3, -0.25) is 14.4 Å². The monoisotopic (exact) mass is 465 g/mol. The van der Waals surface area contributed by atoms with Gasteiger partial charge in [-0.15, -0.1) is 0 Å². The predicted octanol–water partition coefficient (Wildman–Crippen LogP) is 3.03. The molecule has 2 amide bonds. The van der Waals surface area contributed by atoms with Gasteiger partial charge in [-0.1, -0.05) is 6.92 Å². The van der Waals surface area contributed by atoms with Gasteiger partial charge in [0.1, 0.15) is 23.0 Å². The Morgan fingerprint density at radius 1 is 1.21 bits per heavy atom. The summed E-state index contributed by atoms with van der Waals surface area (Å²) < 4.78 is 42.5. The highest BCUT2D eigenvalue weighted by molar-refractivity contribution is 5.94. The van der Waals surface area contributed by atoms with Gasteiger partial charge in [0.15, 0.2) is 5.75 Å². The van der Waals surface area contributed by atoms with Crippen molar-refractivity contribution in [2.45, 2.75) is 52.2 Å². The van der Waals surface area contributed by atoms with Crippen molar-refractivity contribution < 1.29 is 27.9 Å². The standard InChI is InChI=1S/C23H26F3N3O4/c1-12-4-5-13(2)28(11-30)10-20(12)29-9-17(22(32)21(31)14(29)3)23(33)27-8-16-18(25)6-15(24)7-19(16)26/h6-7,9,11-13,20,31H,4-5,8,10H2,1-3H3,(H,27,33). The highest BCUT2D eigenvalue weighted by Gasteiger charge is 2.30. The summed E-state index contributed by atoms with van der Waals surface area (Å²) in [5.74, 6) is -4.95. The number of hydrogen-bond donors (Lipinski definition) is 2. The first-order valence-corrected chi connectivity index (χ1v) is 10.6. The van der Waals surface area contributed by atoms with E-state index in [1.165, 1.54) is 13.1 Å². The minimum Gasteiger partial charge on any atom is -0.503 e. The molecule has 7 nitrogen and oxygen atoms in total. The maximum atomic E-state index is 13.9. The number of likely N-dealkylation sites (tertiary alicyclic amines) is 1. The Hall–Kier alpha value is -3.30. The van der Waals surface area contributed by atoms with Crippen molar-refractivity contribution in [3.63, 3.8) is 0 Å². The molecule has 0 aliphatic carbocycles. The van der Waals surface area contributed by atoms with E-state index >= 15 is 0 Å². The molecule has 1 aromatic heterocycles. The number of aromatic hydroxyl groups is 1. The Morgan fingerprint density at radius 3 is 2.45 bits per heavy atom. The number of nitrogens with zero attached hydrogens (tertiary/aromatic N) is 2. The van der Waals surface area contributed by atoms with E-state index in [0.717, 1.165) is 19.3 Å². The van der Waals surface area contributed by atoms with E-state index < -0.39 is 52.2 Å². The second kappa shape index (κ2) is 9.68. The molecule has 1 aliphatic heterocycles. The Balaban J connectivity index is 1.95. The predicted molar refractivity (Wildman–Crippen MR) is 114 cm³/mol. The highest BCUT2D eigenvalue weighted by Crippen LogP contribution is 2.31. The number of amides is 2. The molecule has 3 rings (SSSR count). The van der Waals surface area contributed by atoms with Gasteiger partial charge in [-0.2, -0.15) is 0 Å². The van der Waals surface area contributed by atoms with Crippen molar-refractivity contribution in [2.24, 2.45) is 5.92 Å². The summed E-state index contributed by atoms with van der Waals surface area (Å²) in [5, 5.41) is 12.7. The summed E-state index contributed by atoms with van der Waals surface area (Å²) in [6.07, 6.45) is 3.62. The molecule has 33 heavy (non-hydrogen) atoms. The zero-order valence-electron chi connectivity index (χ0n) is 18.6.